The summed E-state index contributed by atoms with van der Waals surface area (Å²) in [7, 11) is 0. The third-order valence-corrected chi connectivity index (χ3v) is 4.10. The number of anilines is 3. The number of nitrogens with one attached hydrogen (secondary N) is 2. The molecule has 0 aliphatic carbocycles. The van der Waals surface area contributed by atoms with Crippen molar-refractivity contribution in [1.29, 1.82) is 0 Å². The number of aryl methyl sites for hydroxylation is 1. The van der Waals surface area contributed by atoms with Crippen molar-refractivity contribution >= 4 is 34.1 Å². The molecule has 0 atom stereocenters. The Balaban J connectivity index is 1.50. The normalized spacial score (nSPS) is 10.6. The van der Waals surface area contributed by atoms with Gasteiger partial charge in [0.05, 0.1) is 16.8 Å². The Morgan fingerprint density at radius 3 is 2.41 bits per heavy atom. The summed E-state index contributed by atoms with van der Waals surface area (Å²) in [5.74, 6) is 0.150. The minimum Gasteiger partial charge on any atom is -0.322 e. The van der Waals surface area contributed by atoms with Crippen molar-refractivity contribution < 1.29 is 4.79 Å². The third-order valence-electron chi connectivity index (χ3n) is 4.10. The van der Waals surface area contributed by atoms with Gasteiger partial charge >= 0.3 is 0 Å². The van der Waals surface area contributed by atoms with Gasteiger partial charge in [0.1, 0.15) is 0 Å². The molecule has 0 aliphatic rings. The van der Waals surface area contributed by atoms with Crippen LogP contribution in [-0.4, -0.2) is 20.9 Å². The van der Waals surface area contributed by atoms with Crippen molar-refractivity contribution in [3.8, 4) is 0 Å². The van der Waals surface area contributed by atoms with Crippen LogP contribution in [0.4, 0.5) is 17.3 Å². The Hall–Kier alpha value is -3.80. The lowest BCUT2D eigenvalue weighted by Crippen LogP contribution is -2.13. The summed E-state index contributed by atoms with van der Waals surface area (Å²) >= 11 is 0. The fourth-order valence-corrected chi connectivity index (χ4v) is 2.68. The van der Waals surface area contributed by atoms with Gasteiger partial charge in [0.25, 0.3) is 5.91 Å². The second-order valence-corrected chi connectivity index (χ2v) is 6.12. The predicted octanol–water partition coefficient (Wildman–Crippen LogP) is 4.33. The zero-order valence-electron chi connectivity index (χ0n) is 14.7. The molecule has 2 N–H and O–H groups in total. The molecule has 4 aromatic rings. The van der Waals surface area contributed by atoms with Crippen LogP contribution in [0.1, 0.15) is 15.9 Å². The number of carbonyl (C=O) groups is 1. The van der Waals surface area contributed by atoms with E-state index in [4.69, 9.17) is 0 Å². The molecule has 6 heteroatoms. The van der Waals surface area contributed by atoms with Gasteiger partial charge < -0.3 is 10.6 Å². The second-order valence-electron chi connectivity index (χ2n) is 6.12. The van der Waals surface area contributed by atoms with Crippen molar-refractivity contribution in [3.05, 3.63) is 84.3 Å². The van der Waals surface area contributed by atoms with Gasteiger partial charge in [0.15, 0.2) is 0 Å². The lowest BCUT2D eigenvalue weighted by Gasteiger charge is -2.08. The summed E-state index contributed by atoms with van der Waals surface area (Å²) in [5.41, 5.74) is 3.90. The molecule has 0 unspecified atom stereocenters. The fourth-order valence-electron chi connectivity index (χ4n) is 2.68. The quantitative estimate of drug-likeness (QED) is 0.569. The number of nitrogens with zero attached hydrogens (tertiary/aromatic N) is 3. The van der Waals surface area contributed by atoms with E-state index in [2.05, 4.69) is 25.6 Å². The Kier molecular flexibility index (Phi) is 4.45. The van der Waals surface area contributed by atoms with Crippen molar-refractivity contribution in [3.63, 3.8) is 0 Å². The number of hydrogen-bond donors (Lipinski definition) is 2. The average molecular weight is 355 g/mol. The molecular weight excluding hydrogens is 338 g/mol. The fraction of sp³-hybridized carbons (Fsp3) is 0.0476. The van der Waals surface area contributed by atoms with E-state index < -0.39 is 0 Å². The largest absolute Gasteiger partial charge is 0.322 e. The highest BCUT2D eigenvalue weighted by Crippen LogP contribution is 2.22. The van der Waals surface area contributed by atoms with Crippen LogP contribution in [0.15, 0.2) is 73.2 Å². The number of hydrogen-bond acceptors (Lipinski definition) is 5. The van der Waals surface area contributed by atoms with Crippen LogP contribution in [0, 0.1) is 6.92 Å². The first-order chi connectivity index (χ1) is 13.2. The lowest BCUT2D eigenvalue weighted by atomic mass is 10.2. The van der Waals surface area contributed by atoms with Crippen molar-refractivity contribution in [1.82, 2.24) is 15.0 Å². The number of fused-ring (bicyclic) bond motifs is 1. The van der Waals surface area contributed by atoms with E-state index in [9.17, 15) is 4.79 Å². The maximum absolute atomic E-state index is 12.3. The van der Waals surface area contributed by atoms with Crippen LogP contribution < -0.4 is 10.6 Å². The summed E-state index contributed by atoms with van der Waals surface area (Å²) in [5, 5.41) is 7.01. The predicted molar refractivity (Wildman–Crippen MR) is 106 cm³/mol. The molecule has 2 aromatic heterocycles. The molecule has 0 bridgehead atoms. The Morgan fingerprint density at radius 2 is 1.63 bits per heavy atom. The lowest BCUT2D eigenvalue weighted by molar-refractivity contribution is 0.102. The van der Waals surface area contributed by atoms with Crippen LogP contribution >= 0.6 is 0 Å². The topological polar surface area (TPSA) is 79.8 Å². The first-order valence-electron chi connectivity index (χ1n) is 8.50. The highest BCUT2D eigenvalue weighted by molar-refractivity contribution is 6.04. The van der Waals surface area contributed by atoms with E-state index in [1.54, 1.807) is 6.20 Å². The molecular formula is C21H17N5O. The summed E-state index contributed by atoms with van der Waals surface area (Å²) in [6, 6.07) is 17.3. The molecule has 6 nitrogen and oxygen atoms in total. The zero-order chi connectivity index (χ0) is 18.6. The Bertz CT molecular complexity index is 1090. The Labute approximate surface area is 156 Å². The standard InChI is InChI=1S/C21H17N5O/c1-14-7-9-17(10-8-14)25-20(27)16-12-23-21(24-13-16)26-18-6-2-4-15-5-3-11-22-19(15)18/h2-13H,1H3,(H,25,27)(H,23,24,26). The smallest absolute Gasteiger partial charge is 0.258 e. The van der Waals surface area contributed by atoms with Crippen LogP contribution in [0.25, 0.3) is 10.9 Å². The number of aromatic nitrogens is 3. The SMILES string of the molecule is Cc1ccc(NC(=O)c2cnc(Nc3cccc4cccnc34)nc2)cc1. The van der Waals surface area contributed by atoms with E-state index in [1.165, 1.54) is 12.4 Å². The average Bonchev–Trinajstić information content (AvgIpc) is 2.70. The van der Waals surface area contributed by atoms with Gasteiger partial charge in [-0.3, -0.25) is 9.78 Å². The van der Waals surface area contributed by atoms with Gasteiger partial charge in [-0.05, 0) is 31.2 Å². The van der Waals surface area contributed by atoms with E-state index in [0.717, 1.165) is 27.8 Å². The molecule has 0 saturated heterocycles. The maximum Gasteiger partial charge on any atom is 0.258 e. The number of para-hydroxylation sites is 1. The molecule has 1 amide bonds. The summed E-state index contributed by atoms with van der Waals surface area (Å²) in [4.78, 5) is 25.2. The molecule has 0 aliphatic heterocycles. The van der Waals surface area contributed by atoms with Gasteiger partial charge in [-0.2, -0.15) is 0 Å². The van der Waals surface area contributed by atoms with Crippen molar-refractivity contribution in [2.24, 2.45) is 0 Å². The molecule has 0 fully saturated rings. The molecule has 2 aromatic carbocycles. The molecule has 132 valence electrons. The number of benzene rings is 2. The van der Waals surface area contributed by atoms with Gasteiger partial charge in [-0.15, -0.1) is 0 Å². The molecule has 0 radical (unpaired) electrons. The van der Waals surface area contributed by atoms with Crippen LogP contribution in [0.5, 0.6) is 0 Å². The summed E-state index contributed by atoms with van der Waals surface area (Å²) in [6.07, 6.45) is 4.74. The molecule has 4 rings (SSSR count). The summed E-state index contributed by atoms with van der Waals surface area (Å²) in [6.45, 7) is 2.00. The van der Waals surface area contributed by atoms with Gasteiger partial charge in [0, 0.05) is 29.7 Å². The minimum atomic E-state index is -0.253. The van der Waals surface area contributed by atoms with Gasteiger partial charge in [0.2, 0.25) is 5.95 Å². The van der Waals surface area contributed by atoms with E-state index in [-0.39, 0.29) is 5.91 Å². The van der Waals surface area contributed by atoms with Gasteiger partial charge in [-0.25, -0.2) is 9.97 Å². The molecule has 27 heavy (non-hydrogen) atoms. The molecule has 0 saturated carbocycles. The van der Waals surface area contributed by atoms with Crippen LogP contribution in [-0.2, 0) is 0 Å². The monoisotopic (exact) mass is 355 g/mol. The van der Waals surface area contributed by atoms with Crippen LogP contribution in [0.3, 0.4) is 0 Å². The number of rotatable bonds is 4. The molecule has 0 spiro atoms. The van der Waals surface area contributed by atoms with Crippen molar-refractivity contribution in [2.75, 3.05) is 10.6 Å². The zero-order valence-corrected chi connectivity index (χ0v) is 14.7. The molecule has 2 heterocycles. The number of amides is 1. The van der Waals surface area contributed by atoms with Crippen molar-refractivity contribution in [2.45, 2.75) is 6.92 Å². The highest BCUT2D eigenvalue weighted by Gasteiger charge is 2.09. The van der Waals surface area contributed by atoms with E-state index in [0.29, 0.717) is 11.5 Å². The second kappa shape index (κ2) is 7.21. The first-order valence-corrected chi connectivity index (χ1v) is 8.50. The first kappa shape index (κ1) is 16.7. The number of carbonyl (C=O) groups excluding carboxylic acids is 1. The van der Waals surface area contributed by atoms with E-state index in [1.807, 2.05) is 61.5 Å². The number of pyridine rings is 1. The van der Waals surface area contributed by atoms with E-state index >= 15 is 0 Å². The summed E-state index contributed by atoms with van der Waals surface area (Å²) < 4.78 is 0. The van der Waals surface area contributed by atoms with Gasteiger partial charge in [-0.1, -0.05) is 35.9 Å². The third kappa shape index (κ3) is 3.74. The van der Waals surface area contributed by atoms with Crippen LogP contribution in [0.2, 0.25) is 0 Å². The maximum atomic E-state index is 12.3. The minimum absolute atomic E-state index is 0.253. The Morgan fingerprint density at radius 1 is 0.889 bits per heavy atom. The highest BCUT2D eigenvalue weighted by atomic mass is 16.1.